The predicted octanol–water partition coefficient (Wildman–Crippen LogP) is 6.45. The third-order valence-corrected chi connectivity index (χ3v) is 8.05. The Morgan fingerprint density at radius 3 is 2.70 bits per heavy atom. The first-order valence-corrected chi connectivity index (χ1v) is 13.9. The van der Waals surface area contributed by atoms with Gasteiger partial charge in [0.2, 0.25) is 0 Å². The van der Waals surface area contributed by atoms with Crippen LogP contribution in [-0.4, -0.2) is 31.3 Å². The van der Waals surface area contributed by atoms with Crippen molar-refractivity contribution in [1.29, 1.82) is 0 Å². The van der Waals surface area contributed by atoms with E-state index in [-0.39, 0.29) is 18.1 Å². The molecule has 1 N–H and O–H groups in total. The molecule has 0 bridgehead atoms. The molecule has 2 aromatic heterocycles. The Balaban J connectivity index is 1.32. The standard InChI is InChI=1S/C29H22ClFN4O4S/c30-17-6-12-21-25(14-17)40-28(33-21)24-15-22(34-39-24)16-5-11-20-23(13-16)32-26(3-1-2-4-27(36)37)35(29(20)38)19-9-7-18(31)8-10-19/h5-14,24H,1-4,15H2,(H,36,37)/t24-/m0/s1. The van der Waals surface area contributed by atoms with E-state index in [0.717, 1.165) is 26.5 Å². The predicted molar refractivity (Wildman–Crippen MR) is 152 cm³/mol. The number of unbranched alkanes of at least 4 members (excludes halogenated alkanes) is 1. The molecule has 6 rings (SSSR count). The second kappa shape index (κ2) is 10.8. The number of carboxylic acid groups (broad SMARTS) is 1. The smallest absolute Gasteiger partial charge is 0.303 e. The molecule has 0 fully saturated rings. The SMILES string of the molecule is O=C(O)CCCCc1nc2cc(C3=NO[C@H](c4nc5ccc(Cl)cc5s4)C3)ccc2c(=O)n1-c1ccc(F)cc1. The van der Waals surface area contributed by atoms with Crippen molar-refractivity contribution in [2.24, 2.45) is 5.16 Å². The molecule has 1 aliphatic rings. The van der Waals surface area contributed by atoms with E-state index < -0.39 is 11.8 Å². The third-order valence-electron chi connectivity index (χ3n) is 6.71. The van der Waals surface area contributed by atoms with E-state index >= 15 is 0 Å². The molecule has 1 atom stereocenters. The maximum absolute atomic E-state index is 13.6. The van der Waals surface area contributed by atoms with Gasteiger partial charge in [0.1, 0.15) is 16.6 Å². The van der Waals surface area contributed by atoms with E-state index in [2.05, 4.69) is 10.1 Å². The lowest BCUT2D eigenvalue weighted by molar-refractivity contribution is -0.137. The lowest BCUT2D eigenvalue weighted by Gasteiger charge is -2.14. The summed E-state index contributed by atoms with van der Waals surface area (Å²) in [4.78, 5) is 39.8. The lowest BCUT2D eigenvalue weighted by atomic mass is 10.0. The number of rotatable bonds is 8. The van der Waals surface area contributed by atoms with E-state index in [1.807, 2.05) is 24.3 Å². The molecule has 3 aromatic carbocycles. The van der Waals surface area contributed by atoms with E-state index in [4.69, 9.17) is 26.5 Å². The van der Waals surface area contributed by atoms with Crippen molar-refractivity contribution >= 4 is 55.7 Å². The van der Waals surface area contributed by atoms with Gasteiger partial charge in [-0.15, -0.1) is 11.3 Å². The molecule has 40 heavy (non-hydrogen) atoms. The van der Waals surface area contributed by atoms with Gasteiger partial charge in [0, 0.05) is 29.8 Å². The third kappa shape index (κ3) is 5.20. The van der Waals surface area contributed by atoms with Crippen LogP contribution in [0, 0.1) is 5.82 Å². The van der Waals surface area contributed by atoms with E-state index in [1.54, 1.807) is 12.1 Å². The summed E-state index contributed by atoms with van der Waals surface area (Å²) >= 11 is 7.63. The Labute approximate surface area is 236 Å². The first kappa shape index (κ1) is 26.1. The highest BCUT2D eigenvalue weighted by molar-refractivity contribution is 7.18. The minimum atomic E-state index is -0.875. The Hall–Kier alpha value is -4.15. The van der Waals surface area contributed by atoms with Crippen molar-refractivity contribution in [2.75, 3.05) is 0 Å². The maximum Gasteiger partial charge on any atom is 0.303 e. The quantitative estimate of drug-likeness (QED) is 0.213. The minimum absolute atomic E-state index is 0.0290. The molecule has 0 unspecified atom stereocenters. The number of benzene rings is 3. The summed E-state index contributed by atoms with van der Waals surface area (Å²) in [6, 6.07) is 16.5. The molecule has 8 nitrogen and oxygen atoms in total. The molecule has 0 spiro atoms. The number of carbonyl (C=O) groups is 1. The average molecular weight is 577 g/mol. The zero-order valence-electron chi connectivity index (χ0n) is 21.0. The molecule has 0 saturated carbocycles. The second-order valence-electron chi connectivity index (χ2n) is 9.48. The minimum Gasteiger partial charge on any atom is -0.481 e. The second-order valence-corrected chi connectivity index (χ2v) is 11.0. The number of carboxylic acids is 1. The lowest BCUT2D eigenvalue weighted by Crippen LogP contribution is -2.24. The van der Waals surface area contributed by atoms with Crippen molar-refractivity contribution < 1.29 is 19.1 Å². The summed E-state index contributed by atoms with van der Waals surface area (Å²) < 4.78 is 16.0. The highest BCUT2D eigenvalue weighted by Crippen LogP contribution is 2.35. The first-order valence-electron chi connectivity index (χ1n) is 12.7. The summed E-state index contributed by atoms with van der Waals surface area (Å²) in [6.45, 7) is 0. The van der Waals surface area contributed by atoms with Crippen LogP contribution in [0.5, 0.6) is 0 Å². The summed E-state index contributed by atoms with van der Waals surface area (Å²) in [5.74, 6) is -0.812. The van der Waals surface area contributed by atoms with E-state index in [1.165, 1.54) is 40.2 Å². The van der Waals surface area contributed by atoms with E-state index in [9.17, 15) is 14.0 Å². The van der Waals surface area contributed by atoms with Crippen LogP contribution in [0.15, 0.2) is 70.6 Å². The van der Waals surface area contributed by atoms with Gasteiger partial charge >= 0.3 is 5.97 Å². The molecule has 202 valence electrons. The van der Waals surface area contributed by atoms with Crippen LogP contribution < -0.4 is 5.56 Å². The molecule has 1 aliphatic heterocycles. The van der Waals surface area contributed by atoms with Gasteiger partial charge in [-0.1, -0.05) is 22.8 Å². The molecular weight excluding hydrogens is 555 g/mol. The number of thiazole rings is 1. The Bertz CT molecular complexity index is 1850. The van der Waals surface area contributed by atoms with Gasteiger partial charge in [-0.3, -0.25) is 14.2 Å². The number of hydrogen-bond acceptors (Lipinski definition) is 7. The maximum atomic E-state index is 13.6. The van der Waals surface area contributed by atoms with Crippen LogP contribution in [0.4, 0.5) is 4.39 Å². The van der Waals surface area contributed by atoms with Gasteiger partial charge in [0.15, 0.2) is 6.10 Å². The number of fused-ring (bicyclic) bond motifs is 2. The normalized spacial score (nSPS) is 14.9. The van der Waals surface area contributed by atoms with Crippen LogP contribution in [0.25, 0.3) is 26.8 Å². The van der Waals surface area contributed by atoms with Gasteiger partial charge in [0.25, 0.3) is 5.56 Å². The highest BCUT2D eigenvalue weighted by Gasteiger charge is 2.27. The van der Waals surface area contributed by atoms with Crippen LogP contribution in [0.3, 0.4) is 0 Å². The zero-order valence-corrected chi connectivity index (χ0v) is 22.6. The van der Waals surface area contributed by atoms with E-state index in [0.29, 0.717) is 53.1 Å². The Kier molecular flexibility index (Phi) is 7.03. The largest absolute Gasteiger partial charge is 0.481 e. The molecule has 0 saturated heterocycles. The number of oxime groups is 1. The Morgan fingerprint density at radius 1 is 1.07 bits per heavy atom. The fourth-order valence-corrected chi connectivity index (χ4v) is 6.00. The average Bonchev–Trinajstić information content (AvgIpc) is 3.59. The van der Waals surface area contributed by atoms with Crippen LogP contribution in [-0.2, 0) is 16.1 Å². The van der Waals surface area contributed by atoms with Crippen LogP contribution in [0.1, 0.15) is 48.2 Å². The van der Waals surface area contributed by atoms with Gasteiger partial charge < -0.3 is 9.94 Å². The number of aromatic nitrogens is 3. The topological polar surface area (TPSA) is 107 Å². The first-order chi connectivity index (χ1) is 19.4. The molecular formula is C29H22ClFN4O4S. The van der Waals surface area contributed by atoms with Gasteiger partial charge in [-0.2, -0.15) is 0 Å². The summed E-state index contributed by atoms with van der Waals surface area (Å²) in [7, 11) is 0. The monoisotopic (exact) mass is 576 g/mol. The van der Waals surface area contributed by atoms with Crippen molar-refractivity contribution in [3.63, 3.8) is 0 Å². The number of hydrogen-bond donors (Lipinski definition) is 1. The van der Waals surface area contributed by atoms with Gasteiger partial charge in [-0.25, -0.2) is 14.4 Å². The molecule has 5 aromatic rings. The molecule has 3 heterocycles. The van der Waals surface area contributed by atoms with Crippen molar-refractivity contribution in [3.8, 4) is 5.69 Å². The zero-order chi connectivity index (χ0) is 27.8. The van der Waals surface area contributed by atoms with Gasteiger partial charge in [-0.05, 0) is 67.4 Å². The van der Waals surface area contributed by atoms with Crippen LogP contribution >= 0.6 is 22.9 Å². The molecule has 11 heteroatoms. The summed E-state index contributed by atoms with van der Waals surface area (Å²) in [5, 5.41) is 15.2. The van der Waals surface area contributed by atoms with Crippen molar-refractivity contribution in [2.45, 2.75) is 38.2 Å². The molecule has 0 aliphatic carbocycles. The van der Waals surface area contributed by atoms with Gasteiger partial charge in [0.05, 0.1) is 32.5 Å². The Morgan fingerprint density at radius 2 is 1.90 bits per heavy atom. The number of aryl methyl sites for hydroxylation is 1. The molecule has 0 radical (unpaired) electrons. The van der Waals surface area contributed by atoms with Crippen molar-refractivity contribution in [1.82, 2.24) is 14.5 Å². The summed E-state index contributed by atoms with van der Waals surface area (Å²) in [5.41, 5.74) is 3.05. The summed E-state index contributed by atoms with van der Waals surface area (Å²) in [6.07, 6.45) is 1.56. The number of halogens is 2. The highest BCUT2D eigenvalue weighted by atomic mass is 35.5. The fraction of sp³-hybridized carbons (Fsp3) is 0.207. The number of aliphatic carboxylic acids is 1. The fourth-order valence-electron chi connectivity index (χ4n) is 4.73. The van der Waals surface area contributed by atoms with Crippen LogP contribution in [0.2, 0.25) is 5.02 Å². The van der Waals surface area contributed by atoms with Crippen molar-refractivity contribution in [3.05, 3.63) is 98.3 Å². The molecule has 0 amide bonds. The number of nitrogens with zero attached hydrogens (tertiary/aromatic N) is 4.